The van der Waals surface area contributed by atoms with Gasteiger partial charge >= 0.3 is 0 Å². The fourth-order valence-corrected chi connectivity index (χ4v) is 3.38. The zero-order valence-electron chi connectivity index (χ0n) is 13.3. The lowest BCUT2D eigenvalue weighted by Gasteiger charge is -2.08. The Morgan fingerprint density at radius 2 is 2.08 bits per heavy atom. The van der Waals surface area contributed by atoms with Gasteiger partial charge in [-0.3, -0.25) is 4.79 Å². The van der Waals surface area contributed by atoms with Gasteiger partial charge in [0, 0.05) is 34.6 Å². The Bertz CT molecular complexity index is 1060. The monoisotopic (exact) mass is 381 g/mol. The first-order chi connectivity index (χ1) is 12.7. The van der Waals surface area contributed by atoms with Gasteiger partial charge in [-0.25, -0.2) is 14.6 Å². The van der Waals surface area contributed by atoms with E-state index in [0.717, 1.165) is 10.6 Å². The maximum absolute atomic E-state index is 12.6. The summed E-state index contributed by atoms with van der Waals surface area (Å²) >= 11 is 7.41. The molecule has 3 heterocycles. The highest BCUT2D eigenvalue weighted by Gasteiger charge is 2.15. The van der Waals surface area contributed by atoms with Crippen molar-refractivity contribution in [1.29, 1.82) is 0 Å². The minimum Gasteiger partial charge on any atom is -0.317 e. The summed E-state index contributed by atoms with van der Waals surface area (Å²) in [6, 6.07) is 12.7. The van der Waals surface area contributed by atoms with Crippen molar-refractivity contribution in [3.63, 3.8) is 0 Å². The number of aromatic nitrogens is 4. The summed E-state index contributed by atoms with van der Waals surface area (Å²) in [5.41, 5.74) is 1.76. The second-order valence-corrected chi connectivity index (χ2v) is 6.62. The normalized spacial score (nSPS) is 10.7. The van der Waals surface area contributed by atoms with E-state index in [4.69, 9.17) is 11.6 Å². The number of amides is 1. The van der Waals surface area contributed by atoms with Crippen LogP contribution >= 0.6 is 22.9 Å². The van der Waals surface area contributed by atoms with E-state index in [2.05, 4.69) is 20.4 Å². The van der Waals surface area contributed by atoms with Crippen molar-refractivity contribution in [3.8, 4) is 16.4 Å². The van der Waals surface area contributed by atoms with Gasteiger partial charge in [-0.15, -0.1) is 11.3 Å². The summed E-state index contributed by atoms with van der Waals surface area (Å²) in [6.07, 6.45) is 5.06. The highest BCUT2D eigenvalue weighted by Crippen LogP contribution is 2.26. The minimum atomic E-state index is -0.309. The first-order valence-electron chi connectivity index (χ1n) is 7.68. The van der Waals surface area contributed by atoms with Crippen molar-refractivity contribution in [2.45, 2.75) is 0 Å². The summed E-state index contributed by atoms with van der Waals surface area (Å²) in [5.74, 6) is 0.229. The number of anilines is 1. The summed E-state index contributed by atoms with van der Waals surface area (Å²) in [6.45, 7) is 0. The van der Waals surface area contributed by atoms with E-state index >= 15 is 0 Å². The number of thiazole rings is 1. The summed E-state index contributed by atoms with van der Waals surface area (Å²) in [4.78, 5) is 21.3. The average molecular weight is 382 g/mol. The van der Waals surface area contributed by atoms with E-state index in [0.29, 0.717) is 22.2 Å². The fraction of sp³-hybridized carbons (Fsp3) is 0. The molecule has 0 saturated heterocycles. The molecule has 1 aromatic carbocycles. The largest absolute Gasteiger partial charge is 0.317 e. The van der Waals surface area contributed by atoms with Gasteiger partial charge < -0.3 is 5.32 Å². The molecule has 0 fully saturated rings. The predicted molar refractivity (Wildman–Crippen MR) is 102 cm³/mol. The summed E-state index contributed by atoms with van der Waals surface area (Å²) in [5, 5.41) is 10.1. The first kappa shape index (κ1) is 16.4. The van der Waals surface area contributed by atoms with Crippen LogP contribution in [-0.4, -0.2) is 25.7 Å². The zero-order valence-corrected chi connectivity index (χ0v) is 14.9. The molecule has 6 nitrogen and oxygen atoms in total. The van der Waals surface area contributed by atoms with E-state index in [-0.39, 0.29) is 5.91 Å². The van der Waals surface area contributed by atoms with Crippen molar-refractivity contribution < 1.29 is 4.79 Å². The third kappa shape index (κ3) is 3.35. The molecule has 1 amide bonds. The van der Waals surface area contributed by atoms with Crippen LogP contribution in [0.4, 0.5) is 5.69 Å². The maximum Gasteiger partial charge on any atom is 0.275 e. The Morgan fingerprint density at radius 1 is 1.15 bits per heavy atom. The van der Waals surface area contributed by atoms with Gasteiger partial charge in [-0.05, 0) is 30.3 Å². The third-order valence-corrected chi connectivity index (χ3v) is 4.69. The van der Waals surface area contributed by atoms with Crippen LogP contribution in [0.2, 0.25) is 5.02 Å². The molecule has 128 valence electrons. The van der Waals surface area contributed by atoms with Gasteiger partial charge in [0.15, 0.2) is 5.82 Å². The quantitative estimate of drug-likeness (QED) is 0.572. The molecule has 0 unspecified atom stereocenters. The SMILES string of the molecule is O=C(Nc1cccnc1-n1cccn1)c1csc(-c2cccc(Cl)c2)n1. The fourth-order valence-electron chi connectivity index (χ4n) is 2.39. The van der Waals surface area contributed by atoms with Crippen molar-refractivity contribution >= 4 is 34.5 Å². The van der Waals surface area contributed by atoms with Gasteiger partial charge in [0.05, 0.1) is 5.69 Å². The number of nitrogens with zero attached hydrogens (tertiary/aromatic N) is 4. The van der Waals surface area contributed by atoms with Gasteiger partial charge in [-0.1, -0.05) is 23.7 Å². The van der Waals surface area contributed by atoms with Crippen LogP contribution in [0.3, 0.4) is 0 Å². The average Bonchev–Trinajstić information content (AvgIpc) is 3.34. The molecule has 0 aliphatic carbocycles. The second-order valence-electron chi connectivity index (χ2n) is 5.33. The topological polar surface area (TPSA) is 72.7 Å². The number of hydrogen-bond donors (Lipinski definition) is 1. The van der Waals surface area contributed by atoms with Crippen molar-refractivity contribution in [2.75, 3.05) is 5.32 Å². The van der Waals surface area contributed by atoms with E-state index in [9.17, 15) is 4.79 Å². The van der Waals surface area contributed by atoms with E-state index in [1.165, 1.54) is 11.3 Å². The molecular weight excluding hydrogens is 370 g/mol. The number of carbonyl (C=O) groups is 1. The molecule has 0 saturated carbocycles. The van der Waals surface area contributed by atoms with E-state index < -0.39 is 0 Å². The number of hydrogen-bond acceptors (Lipinski definition) is 5. The highest BCUT2D eigenvalue weighted by atomic mass is 35.5. The Kier molecular flexibility index (Phi) is 4.47. The van der Waals surface area contributed by atoms with Crippen molar-refractivity contribution in [2.24, 2.45) is 0 Å². The Labute approximate surface area is 158 Å². The third-order valence-electron chi connectivity index (χ3n) is 3.56. The van der Waals surface area contributed by atoms with Gasteiger partial charge in [0.2, 0.25) is 0 Å². The molecule has 0 aliphatic rings. The molecule has 0 radical (unpaired) electrons. The van der Waals surface area contributed by atoms with Crippen LogP contribution in [0.25, 0.3) is 16.4 Å². The Hall–Kier alpha value is -3.03. The van der Waals surface area contributed by atoms with Gasteiger partial charge in [-0.2, -0.15) is 5.10 Å². The molecular formula is C18H12ClN5OS. The van der Waals surface area contributed by atoms with Crippen LogP contribution in [0, 0.1) is 0 Å². The molecule has 0 bridgehead atoms. The number of benzene rings is 1. The minimum absolute atomic E-state index is 0.309. The molecule has 3 aromatic heterocycles. The maximum atomic E-state index is 12.6. The first-order valence-corrected chi connectivity index (χ1v) is 8.94. The molecule has 8 heteroatoms. The van der Waals surface area contributed by atoms with Gasteiger partial charge in [0.1, 0.15) is 10.7 Å². The lowest BCUT2D eigenvalue weighted by molar-refractivity contribution is 0.102. The molecule has 0 aliphatic heterocycles. The van der Waals surface area contributed by atoms with Crippen molar-refractivity contribution in [3.05, 3.63) is 77.2 Å². The van der Waals surface area contributed by atoms with E-state index in [1.54, 1.807) is 52.9 Å². The summed E-state index contributed by atoms with van der Waals surface area (Å²) in [7, 11) is 0. The smallest absolute Gasteiger partial charge is 0.275 e. The van der Waals surface area contributed by atoms with Crippen molar-refractivity contribution in [1.82, 2.24) is 19.7 Å². The highest BCUT2D eigenvalue weighted by molar-refractivity contribution is 7.13. The molecule has 4 rings (SSSR count). The lowest BCUT2D eigenvalue weighted by Crippen LogP contribution is -2.15. The molecule has 0 spiro atoms. The summed E-state index contributed by atoms with van der Waals surface area (Å²) < 4.78 is 1.59. The predicted octanol–water partition coefficient (Wildman–Crippen LogP) is 4.30. The number of halogens is 1. The number of nitrogens with one attached hydrogen (secondary N) is 1. The van der Waals surface area contributed by atoms with Crippen LogP contribution in [-0.2, 0) is 0 Å². The number of pyridine rings is 1. The van der Waals surface area contributed by atoms with Crippen LogP contribution in [0.15, 0.2) is 66.4 Å². The van der Waals surface area contributed by atoms with Crippen LogP contribution < -0.4 is 5.32 Å². The molecule has 26 heavy (non-hydrogen) atoms. The zero-order chi connectivity index (χ0) is 17.9. The number of rotatable bonds is 4. The van der Waals surface area contributed by atoms with Crippen LogP contribution in [0.1, 0.15) is 10.5 Å². The lowest BCUT2D eigenvalue weighted by atomic mass is 10.2. The van der Waals surface area contributed by atoms with Gasteiger partial charge in [0.25, 0.3) is 5.91 Å². The Morgan fingerprint density at radius 3 is 2.88 bits per heavy atom. The van der Waals surface area contributed by atoms with E-state index in [1.807, 2.05) is 18.2 Å². The molecule has 0 atom stereocenters. The molecule has 1 N–H and O–H groups in total. The number of carbonyl (C=O) groups excluding carboxylic acids is 1. The molecule has 4 aromatic rings. The Balaban J connectivity index is 1.59. The second kappa shape index (κ2) is 7.07. The standard InChI is InChI=1S/C18H12ClN5OS/c19-13-5-1-4-12(10-13)18-23-15(11-26-18)17(25)22-14-6-2-7-20-16(14)24-9-3-8-21-24/h1-11H,(H,22,25). The van der Waals surface area contributed by atoms with Crippen LogP contribution in [0.5, 0.6) is 0 Å².